The van der Waals surface area contributed by atoms with Gasteiger partial charge in [-0.3, -0.25) is 0 Å². The molecule has 0 amide bonds. The Kier molecular flexibility index (Phi) is 4.95. The summed E-state index contributed by atoms with van der Waals surface area (Å²) in [6.07, 6.45) is 2.47. The average Bonchev–Trinajstić information content (AvgIpc) is 2.70. The maximum Gasteiger partial charge on any atom is 0.244 e. The van der Waals surface area contributed by atoms with Gasteiger partial charge in [-0.05, 0) is 26.5 Å². The second-order valence-electron chi connectivity index (χ2n) is 4.59. The van der Waals surface area contributed by atoms with Crippen LogP contribution in [-0.4, -0.2) is 37.4 Å². The molecule has 0 fully saturated rings. The first-order valence-corrected chi connectivity index (χ1v) is 7.56. The van der Waals surface area contributed by atoms with Gasteiger partial charge in [0.05, 0.1) is 0 Å². The molecule has 1 heterocycles. The van der Waals surface area contributed by atoms with Crippen molar-refractivity contribution in [1.29, 1.82) is 0 Å². The summed E-state index contributed by atoms with van der Waals surface area (Å²) in [5.74, 6) is 0. The lowest BCUT2D eigenvalue weighted by Crippen LogP contribution is -2.34. The molecule has 0 aliphatic carbocycles. The van der Waals surface area contributed by atoms with E-state index in [-0.39, 0.29) is 6.04 Å². The van der Waals surface area contributed by atoms with Crippen molar-refractivity contribution in [3.63, 3.8) is 0 Å². The molecular weight excluding hydrogens is 250 g/mol. The van der Waals surface area contributed by atoms with Gasteiger partial charge < -0.3 is 9.88 Å². The van der Waals surface area contributed by atoms with Crippen molar-refractivity contribution in [2.45, 2.75) is 37.8 Å². The quantitative estimate of drug-likeness (QED) is 0.846. The summed E-state index contributed by atoms with van der Waals surface area (Å²) < 4.78 is 28.1. The summed E-state index contributed by atoms with van der Waals surface area (Å²) in [4.78, 5) is 0.359. The molecule has 0 aliphatic heterocycles. The molecule has 5 nitrogen and oxygen atoms in total. The van der Waals surface area contributed by atoms with Crippen LogP contribution < -0.4 is 5.32 Å². The predicted molar refractivity (Wildman–Crippen MR) is 72.9 cm³/mol. The molecule has 0 saturated heterocycles. The third-order valence-corrected chi connectivity index (χ3v) is 5.27. The Balaban J connectivity index is 3.09. The molecule has 6 heteroatoms. The molecule has 1 aromatic heterocycles. The highest BCUT2D eigenvalue weighted by Crippen LogP contribution is 2.20. The molecule has 1 atom stereocenters. The van der Waals surface area contributed by atoms with Crippen LogP contribution >= 0.6 is 0 Å². The molecule has 1 rings (SSSR count). The van der Waals surface area contributed by atoms with E-state index in [1.165, 1.54) is 4.31 Å². The third kappa shape index (κ3) is 2.93. The third-order valence-electron chi connectivity index (χ3n) is 3.33. The number of hydrogen-bond acceptors (Lipinski definition) is 3. The maximum atomic E-state index is 12.4. The summed E-state index contributed by atoms with van der Waals surface area (Å²) in [5.41, 5.74) is 0.952. The minimum atomic E-state index is -3.39. The highest BCUT2D eigenvalue weighted by atomic mass is 32.2. The molecule has 1 unspecified atom stereocenters. The Morgan fingerprint density at radius 3 is 2.61 bits per heavy atom. The molecule has 18 heavy (non-hydrogen) atoms. The van der Waals surface area contributed by atoms with E-state index in [2.05, 4.69) is 5.32 Å². The van der Waals surface area contributed by atoms with E-state index in [9.17, 15) is 8.42 Å². The Hall–Kier alpha value is -0.850. The molecule has 0 spiro atoms. The molecule has 104 valence electrons. The van der Waals surface area contributed by atoms with Gasteiger partial charge in [0.2, 0.25) is 10.0 Å². The van der Waals surface area contributed by atoms with Crippen LogP contribution in [0.1, 0.15) is 26.0 Å². The monoisotopic (exact) mass is 273 g/mol. The predicted octanol–water partition coefficient (Wildman–Crippen LogP) is 1.16. The van der Waals surface area contributed by atoms with Crippen LogP contribution in [-0.2, 0) is 23.6 Å². The van der Waals surface area contributed by atoms with E-state index in [0.717, 1.165) is 12.1 Å². The number of hydrogen-bond donors (Lipinski definition) is 1. The Morgan fingerprint density at radius 1 is 1.50 bits per heavy atom. The number of aromatic nitrogens is 1. The van der Waals surface area contributed by atoms with Gasteiger partial charge >= 0.3 is 0 Å². The molecule has 0 radical (unpaired) electrons. The summed E-state index contributed by atoms with van der Waals surface area (Å²) in [6.45, 7) is 4.54. The number of nitrogens with zero attached hydrogens (tertiary/aromatic N) is 2. The van der Waals surface area contributed by atoms with Gasteiger partial charge in [-0.15, -0.1) is 0 Å². The Morgan fingerprint density at radius 2 is 2.11 bits per heavy atom. The highest BCUT2D eigenvalue weighted by molar-refractivity contribution is 7.89. The molecular formula is C12H23N3O2S. The van der Waals surface area contributed by atoms with Gasteiger partial charge in [0.25, 0.3) is 0 Å². The van der Waals surface area contributed by atoms with E-state index < -0.39 is 10.0 Å². The zero-order chi connectivity index (χ0) is 13.9. The van der Waals surface area contributed by atoms with Crippen LogP contribution in [0.15, 0.2) is 17.2 Å². The highest BCUT2D eigenvalue weighted by Gasteiger charge is 2.25. The Labute approximate surface area is 110 Å². The van der Waals surface area contributed by atoms with Gasteiger partial charge in [0.15, 0.2) is 0 Å². The van der Waals surface area contributed by atoms with Crippen LogP contribution in [0.25, 0.3) is 0 Å². The fourth-order valence-corrected chi connectivity index (χ4v) is 3.27. The van der Waals surface area contributed by atoms with Crippen molar-refractivity contribution in [3.8, 4) is 0 Å². The van der Waals surface area contributed by atoms with Crippen molar-refractivity contribution in [3.05, 3.63) is 18.0 Å². The van der Waals surface area contributed by atoms with E-state index in [1.54, 1.807) is 19.3 Å². The van der Waals surface area contributed by atoms with Crippen LogP contribution in [0.4, 0.5) is 0 Å². The van der Waals surface area contributed by atoms with Crippen molar-refractivity contribution >= 4 is 10.0 Å². The smallest absolute Gasteiger partial charge is 0.244 e. The fourth-order valence-electron chi connectivity index (χ4n) is 1.74. The van der Waals surface area contributed by atoms with Crippen molar-refractivity contribution < 1.29 is 8.42 Å². The Bertz CT molecular complexity index is 493. The van der Waals surface area contributed by atoms with E-state index in [0.29, 0.717) is 11.4 Å². The second-order valence-corrected chi connectivity index (χ2v) is 6.58. The van der Waals surface area contributed by atoms with Crippen LogP contribution in [0.2, 0.25) is 0 Å². The van der Waals surface area contributed by atoms with Crippen LogP contribution in [0.5, 0.6) is 0 Å². The first-order chi connectivity index (χ1) is 8.34. The topological polar surface area (TPSA) is 54.3 Å². The standard InChI is InChI=1S/C12H23N3O2S/c1-6-10(2)15(5)18(16,17)12-7-11(8-13-3)14(4)9-12/h7,9-10,13H,6,8H2,1-5H3. The lowest BCUT2D eigenvalue weighted by molar-refractivity contribution is 0.380. The van der Waals surface area contributed by atoms with Crippen molar-refractivity contribution in [2.75, 3.05) is 14.1 Å². The van der Waals surface area contributed by atoms with E-state index >= 15 is 0 Å². The molecule has 0 bridgehead atoms. The summed E-state index contributed by atoms with van der Waals surface area (Å²) in [7, 11) is 1.94. The minimum Gasteiger partial charge on any atom is -0.352 e. The van der Waals surface area contributed by atoms with E-state index in [1.807, 2.05) is 32.5 Å². The zero-order valence-electron chi connectivity index (χ0n) is 11.8. The lowest BCUT2D eigenvalue weighted by atomic mass is 10.3. The largest absolute Gasteiger partial charge is 0.352 e. The SMILES string of the molecule is CCC(C)N(C)S(=O)(=O)c1cc(CNC)n(C)c1. The van der Waals surface area contributed by atoms with Gasteiger partial charge in [0, 0.05) is 38.6 Å². The van der Waals surface area contributed by atoms with Crippen molar-refractivity contribution in [1.82, 2.24) is 14.2 Å². The van der Waals surface area contributed by atoms with Crippen LogP contribution in [0.3, 0.4) is 0 Å². The van der Waals surface area contributed by atoms with Gasteiger partial charge in [-0.2, -0.15) is 4.31 Å². The number of nitrogens with one attached hydrogen (secondary N) is 1. The molecule has 1 aromatic rings. The number of rotatable bonds is 6. The van der Waals surface area contributed by atoms with E-state index in [4.69, 9.17) is 0 Å². The summed E-state index contributed by atoms with van der Waals surface area (Å²) >= 11 is 0. The molecule has 0 aliphatic rings. The molecule has 1 N–H and O–H groups in total. The normalized spacial score (nSPS) is 14.1. The number of sulfonamides is 1. The average molecular weight is 273 g/mol. The zero-order valence-corrected chi connectivity index (χ0v) is 12.6. The molecule has 0 saturated carbocycles. The lowest BCUT2D eigenvalue weighted by Gasteiger charge is -2.22. The first kappa shape index (κ1) is 15.2. The fraction of sp³-hybridized carbons (Fsp3) is 0.667. The van der Waals surface area contributed by atoms with Gasteiger partial charge in [0.1, 0.15) is 4.90 Å². The first-order valence-electron chi connectivity index (χ1n) is 6.12. The maximum absolute atomic E-state index is 12.4. The van der Waals surface area contributed by atoms with Gasteiger partial charge in [-0.1, -0.05) is 6.92 Å². The van der Waals surface area contributed by atoms with Crippen molar-refractivity contribution in [2.24, 2.45) is 7.05 Å². The number of aryl methyl sites for hydroxylation is 1. The summed E-state index contributed by atoms with van der Waals surface area (Å²) in [6, 6.07) is 1.73. The van der Waals surface area contributed by atoms with Gasteiger partial charge in [-0.25, -0.2) is 8.42 Å². The second kappa shape index (κ2) is 5.86. The molecule has 0 aromatic carbocycles. The van der Waals surface area contributed by atoms with Crippen LogP contribution in [0, 0.1) is 0 Å². The summed E-state index contributed by atoms with van der Waals surface area (Å²) in [5, 5.41) is 3.02. The minimum absolute atomic E-state index is 0.00274.